The van der Waals surface area contributed by atoms with Gasteiger partial charge in [0.25, 0.3) is 0 Å². The summed E-state index contributed by atoms with van der Waals surface area (Å²) in [5.74, 6) is 3.35. The number of anilines is 8. The number of rotatable bonds is 10. The Morgan fingerprint density at radius 1 is 0.469 bits per heavy atom. The van der Waals surface area contributed by atoms with Crippen LogP contribution in [0.2, 0.25) is 0 Å². The topological polar surface area (TPSA) is 73.8 Å². The predicted octanol–water partition coefficient (Wildman–Crippen LogP) is 13.6. The SMILES string of the molecule is C.C.CCOC1N(c2ccccc2)c2nc3c(CC)ccc(CC)c3nc2N1c1ccccc1.CCc1ccc(CC)c2nc3c(nc12)N(c1[c-]cccc1)[CH-]N3c1ccccc1.[Ir]. The van der Waals surface area contributed by atoms with Gasteiger partial charge in [-0.05, 0) is 91.3 Å². The molecule has 2 aromatic heterocycles. The number of para-hydroxylation sites is 4. The van der Waals surface area contributed by atoms with Crippen LogP contribution in [0.15, 0.2) is 140 Å². The monoisotopic (exact) mass is 1030 g/mol. The molecule has 10 rings (SSSR count). The van der Waals surface area contributed by atoms with Crippen LogP contribution in [-0.2, 0) is 50.5 Å². The van der Waals surface area contributed by atoms with Crippen LogP contribution in [0, 0.1) is 12.7 Å². The molecule has 2 aliphatic rings. The summed E-state index contributed by atoms with van der Waals surface area (Å²) in [6.45, 7) is 13.3. The van der Waals surface area contributed by atoms with Gasteiger partial charge in [-0.1, -0.05) is 121 Å². The molecule has 0 amide bonds. The minimum atomic E-state index is -0.369. The zero-order valence-corrected chi connectivity index (χ0v) is 38.2. The van der Waals surface area contributed by atoms with Crippen LogP contribution >= 0.6 is 0 Å². The van der Waals surface area contributed by atoms with E-state index in [2.05, 4.69) is 121 Å². The molecule has 0 N–H and O–H groups in total. The Morgan fingerprint density at radius 2 is 0.844 bits per heavy atom. The Morgan fingerprint density at radius 3 is 1.22 bits per heavy atom. The molecular formula is C54H58IrN8O-2. The molecular weight excluding hydrogens is 969 g/mol. The second-order valence-electron chi connectivity index (χ2n) is 14.9. The predicted molar refractivity (Wildman–Crippen MR) is 263 cm³/mol. The summed E-state index contributed by atoms with van der Waals surface area (Å²) in [7, 11) is 0. The molecule has 0 fully saturated rings. The van der Waals surface area contributed by atoms with Crippen LogP contribution < -0.4 is 19.6 Å². The van der Waals surface area contributed by atoms with Crippen molar-refractivity contribution < 1.29 is 24.8 Å². The number of benzene rings is 6. The smallest absolute Gasteiger partial charge is 0.221 e. The van der Waals surface area contributed by atoms with Crippen LogP contribution in [0.3, 0.4) is 0 Å². The summed E-state index contributed by atoms with van der Waals surface area (Å²) >= 11 is 0. The van der Waals surface area contributed by atoms with Crippen LogP contribution in [0.25, 0.3) is 22.1 Å². The largest absolute Gasteiger partial charge is 0.477 e. The van der Waals surface area contributed by atoms with Crippen molar-refractivity contribution in [1.29, 1.82) is 0 Å². The third-order valence-electron chi connectivity index (χ3n) is 11.4. The molecule has 6 aromatic carbocycles. The van der Waals surface area contributed by atoms with Gasteiger partial charge in [-0.2, -0.15) is 30.3 Å². The maximum Gasteiger partial charge on any atom is 0.221 e. The van der Waals surface area contributed by atoms with E-state index in [-0.39, 0.29) is 41.3 Å². The average Bonchev–Trinajstić information content (AvgIpc) is 3.85. The van der Waals surface area contributed by atoms with E-state index >= 15 is 0 Å². The van der Waals surface area contributed by atoms with Gasteiger partial charge in [-0.3, -0.25) is 9.80 Å². The molecule has 0 atom stereocenters. The van der Waals surface area contributed by atoms with Crippen LogP contribution in [-0.4, -0.2) is 32.9 Å². The van der Waals surface area contributed by atoms with E-state index in [1.807, 2.05) is 85.8 Å². The van der Waals surface area contributed by atoms with Gasteiger partial charge in [0.1, 0.15) is 11.6 Å². The van der Waals surface area contributed by atoms with Gasteiger partial charge in [0.05, 0.1) is 22.1 Å². The second kappa shape index (κ2) is 21.0. The molecule has 10 heteroatoms. The Bertz CT molecular complexity index is 2590. The summed E-state index contributed by atoms with van der Waals surface area (Å²) in [5, 5.41) is 0. The van der Waals surface area contributed by atoms with Gasteiger partial charge in [-0.25, -0.2) is 19.9 Å². The zero-order valence-electron chi connectivity index (χ0n) is 35.8. The fraction of sp³-hybridized carbons (Fsp3) is 0.241. The van der Waals surface area contributed by atoms with Crippen molar-refractivity contribution >= 4 is 68.1 Å². The number of hydrogen-bond acceptors (Lipinski definition) is 9. The van der Waals surface area contributed by atoms with Gasteiger partial charge in [0.2, 0.25) is 6.35 Å². The molecule has 0 saturated heterocycles. The molecule has 1 radical (unpaired) electrons. The molecule has 9 nitrogen and oxygen atoms in total. The summed E-state index contributed by atoms with van der Waals surface area (Å²) in [6, 6.07) is 51.0. The van der Waals surface area contributed by atoms with Crippen molar-refractivity contribution in [3.63, 3.8) is 0 Å². The van der Waals surface area contributed by atoms with Crippen molar-refractivity contribution in [3.8, 4) is 0 Å². The van der Waals surface area contributed by atoms with Crippen molar-refractivity contribution in [3.05, 3.63) is 175 Å². The maximum atomic E-state index is 6.33. The van der Waals surface area contributed by atoms with E-state index < -0.39 is 0 Å². The van der Waals surface area contributed by atoms with E-state index in [4.69, 9.17) is 24.7 Å². The van der Waals surface area contributed by atoms with Gasteiger partial charge >= 0.3 is 0 Å². The normalized spacial score (nSPS) is 12.8. The first-order valence-electron chi connectivity index (χ1n) is 21.5. The van der Waals surface area contributed by atoms with E-state index in [0.717, 1.165) is 93.8 Å². The first kappa shape index (κ1) is 47.3. The fourth-order valence-electron chi connectivity index (χ4n) is 8.25. The Kier molecular flexibility index (Phi) is 15.5. The van der Waals surface area contributed by atoms with E-state index in [1.165, 1.54) is 22.3 Å². The van der Waals surface area contributed by atoms with Crippen molar-refractivity contribution in [2.24, 2.45) is 0 Å². The number of hydrogen-bond donors (Lipinski definition) is 0. The Hall–Kier alpha value is -6.19. The summed E-state index contributed by atoms with van der Waals surface area (Å²) in [4.78, 5) is 29.3. The molecule has 0 spiro atoms. The maximum absolute atomic E-state index is 6.33. The molecule has 0 saturated carbocycles. The molecule has 64 heavy (non-hydrogen) atoms. The molecule has 0 aliphatic carbocycles. The van der Waals surface area contributed by atoms with Crippen molar-refractivity contribution in [2.75, 3.05) is 26.2 Å². The third kappa shape index (κ3) is 8.70. The van der Waals surface area contributed by atoms with Crippen molar-refractivity contribution in [1.82, 2.24) is 19.9 Å². The van der Waals surface area contributed by atoms with Crippen molar-refractivity contribution in [2.45, 2.75) is 81.5 Å². The van der Waals surface area contributed by atoms with Crippen LogP contribution in [0.4, 0.5) is 46.0 Å². The van der Waals surface area contributed by atoms with E-state index in [9.17, 15) is 0 Å². The van der Waals surface area contributed by atoms with E-state index in [1.54, 1.807) is 0 Å². The first-order valence-corrected chi connectivity index (χ1v) is 21.5. The van der Waals surface area contributed by atoms with Gasteiger partial charge in [0, 0.05) is 43.8 Å². The quantitative estimate of drug-likeness (QED) is 0.125. The summed E-state index contributed by atoms with van der Waals surface area (Å²) in [6.07, 6.45) is 3.32. The van der Waals surface area contributed by atoms with Gasteiger partial charge < -0.3 is 14.5 Å². The molecule has 0 bridgehead atoms. The molecule has 2 aliphatic heterocycles. The minimum Gasteiger partial charge on any atom is -0.477 e. The zero-order chi connectivity index (χ0) is 41.9. The number of fused-ring (bicyclic) bond motifs is 4. The minimum absolute atomic E-state index is 0. The van der Waals surface area contributed by atoms with Crippen LogP contribution in [0.1, 0.15) is 71.7 Å². The van der Waals surface area contributed by atoms with E-state index in [0.29, 0.717) is 6.61 Å². The number of ether oxygens (including phenoxy) is 1. The molecule has 0 unspecified atom stereocenters. The molecule has 331 valence electrons. The summed E-state index contributed by atoms with van der Waals surface area (Å²) < 4.78 is 6.33. The summed E-state index contributed by atoms with van der Waals surface area (Å²) in [5.41, 5.74) is 12.9. The number of aryl methyl sites for hydroxylation is 4. The van der Waals surface area contributed by atoms with Gasteiger partial charge in [-0.15, -0.1) is 12.4 Å². The fourth-order valence-corrected chi connectivity index (χ4v) is 8.25. The Balaban J connectivity index is 0.000000204. The van der Waals surface area contributed by atoms with Crippen LogP contribution in [0.5, 0.6) is 0 Å². The second-order valence-corrected chi connectivity index (χ2v) is 14.9. The number of aromatic nitrogens is 4. The molecule has 4 heterocycles. The Labute approximate surface area is 393 Å². The first-order chi connectivity index (χ1) is 30.1. The molecule has 8 aromatic rings. The number of nitrogens with zero attached hydrogens (tertiary/aromatic N) is 8. The standard InChI is InChI=1S/C27H28N4O.C25H22N4.2CH4.Ir/c1-4-19-17-18-20(5-2)24-23(19)28-25-26(29-24)31(22-15-11-8-12-16-22)27(32-6-3)30(25)21-13-9-7-10-14-21;1-3-18-15-16-19(4-2)23-22(18)26-24-25(27-23)29(21-13-9-6-10-14-21)17-28(24)20-11-7-5-8-12-20;;;/h7-18,27H,4-6H2,1-3H3;5-13,15-17H,3-4H2,1-2H3;2*1H4;/q;-2;;;. The van der Waals surface area contributed by atoms with Gasteiger partial charge in [0.15, 0.2) is 11.6 Å². The average molecular weight is 1030 g/mol. The third-order valence-corrected chi connectivity index (χ3v) is 11.4.